The number of aliphatic imine (C=N–C) groups is 1. The van der Waals surface area contributed by atoms with E-state index < -0.39 is 5.97 Å². The molecule has 164 valence electrons. The SMILES string of the molecule is C=CC(COC(=O)C1=C(C)NC2=C(C1)C(=O)C[C@H](c1ccccc1OC)C2)=NC(=C)C#N. The maximum atomic E-state index is 13.0. The molecule has 7 heteroatoms. The number of rotatable bonds is 7. The van der Waals surface area contributed by atoms with Crippen LogP contribution in [0.5, 0.6) is 5.75 Å². The lowest BCUT2D eigenvalue weighted by Gasteiger charge is -2.32. The summed E-state index contributed by atoms with van der Waals surface area (Å²) in [6.07, 6.45) is 2.63. The number of methoxy groups -OCH3 is 1. The van der Waals surface area contributed by atoms with Gasteiger partial charge >= 0.3 is 5.97 Å². The van der Waals surface area contributed by atoms with Gasteiger partial charge in [0.25, 0.3) is 0 Å². The van der Waals surface area contributed by atoms with E-state index in [-0.39, 0.29) is 30.4 Å². The highest BCUT2D eigenvalue weighted by atomic mass is 16.5. The van der Waals surface area contributed by atoms with Gasteiger partial charge in [0.1, 0.15) is 24.1 Å². The van der Waals surface area contributed by atoms with Crippen LogP contribution in [-0.2, 0) is 14.3 Å². The fourth-order valence-electron chi connectivity index (χ4n) is 3.91. The number of ether oxygens (including phenoxy) is 2. The van der Waals surface area contributed by atoms with Gasteiger partial charge in [-0.25, -0.2) is 9.79 Å². The first kappa shape index (κ1) is 22.8. The van der Waals surface area contributed by atoms with Crippen molar-refractivity contribution in [1.29, 1.82) is 5.26 Å². The van der Waals surface area contributed by atoms with Gasteiger partial charge in [0.2, 0.25) is 0 Å². The number of nitrogens with one attached hydrogen (secondary N) is 1. The number of esters is 1. The zero-order valence-electron chi connectivity index (χ0n) is 18.2. The zero-order chi connectivity index (χ0) is 23.3. The Balaban J connectivity index is 1.73. The maximum Gasteiger partial charge on any atom is 0.336 e. The number of Topliss-reactive ketones (excluding diaryl/α,β-unsaturated/α-hetero) is 1. The fraction of sp³-hybridized carbons (Fsp3) is 0.280. The second-order valence-corrected chi connectivity index (χ2v) is 7.57. The Morgan fingerprint density at radius 2 is 2.12 bits per heavy atom. The Morgan fingerprint density at radius 3 is 2.81 bits per heavy atom. The van der Waals surface area contributed by atoms with Crippen LogP contribution in [0.1, 0.15) is 37.7 Å². The topological polar surface area (TPSA) is 101 Å². The first-order valence-corrected chi connectivity index (χ1v) is 10.2. The summed E-state index contributed by atoms with van der Waals surface area (Å²) in [5.41, 5.74) is 3.82. The van der Waals surface area contributed by atoms with E-state index in [1.807, 2.05) is 24.3 Å². The average molecular weight is 431 g/mol. The number of carbonyl (C=O) groups excluding carboxylic acids is 2. The van der Waals surface area contributed by atoms with Crippen molar-refractivity contribution >= 4 is 17.5 Å². The monoisotopic (exact) mass is 431 g/mol. The number of benzene rings is 1. The van der Waals surface area contributed by atoms with Crippen LogP contribution in [0.3, 0.4) is 0 Å². The summed E-state index contributed by atoms with van der Waals surface area (Å²) in [6.45, 7) is 8.72. The molecule has 0 amide bonds. The molecule has 1 aliphatic carbocycles. The molecule has 1 aromatic rings. The summed E-state index contributed by atoms with van der Waals surface area (Å²) in [4.78, 5) is 29.6. The van der Waals surface area contributed by atoms with Crippen LogP contribution < -0.4 is 10.1 Å². The molecule has 0 aromatic heterocycles. The lowest BCUT2D eigenvalue weighted by atomic mass is 9.78. The van der Waals surface area contributed by atoms with Gasteiger partial charge in [-0.15, -0.1) is 0 Å². The first-order chi connectivity index (χ1) is 15.4. The predicted octanol–water partition coefficient (Wildman–Crippen LogP) is 3.87. The van der Waals surface area contributed by atoms with Gasteiger partial charge in [-0.3, -0.25) is 4.79 Å². The third-order valence-electron chi connectivity index (χ3n) is 5.55. The minimum atomic E-state index is -0.543. The van der Waals surface area contributed by atoms with Crippen LogP contribution in [0.4, 0.5) is 0 Å². The molecule has 0 unspecified atom stereocenters. The van der Waals surface area contributed by atoms with Gasteiger partial charge in [0, 0.05) is 35.7 Å². The highest BCUT2D eigenvalue weighted by Gasteiger charge is 2.34. The van der Waals surface area contributed by atoms with Crippen LogP contribution >= 0.6 is 0 Å². The van der Waals surface area contributed by atoms with Crippen LogP contribution in [-0.4, -0.2) is 31.2 Å². The smallest absolute Gasteiger partial charge is 0.336 e. The van der Waals surface area contributed by atoms with Gasteiger partial charge < -0.3 is 14.8 Å². The van der Waals surface area contributed by atoms with Crippen molar-refractivity contribution in [2.75, 3.05) is 13.7 Å². The highest BCUT2D eigenvalue weighted by Crippen LogP contribution is 2.41. The molecule has 0 bridgehead atoms. The molecule has 1 aromatic carbocycles. The van der Waals surface area contributed by atoms with Gasteiger partial charge in [-0.2, -0.15) is 5.26 Å². The minimum Gasteiger partial charge on any atom is -0.496 e. The molecule has 1 atom stereocenters. The number of nitriles is 1. The fourth-order valence-corrected chi connectivity index (χ4v) is 3.91. The second-order valence-electron chi connectivity index (χ2n) is 7.57. The average Bonchev–Trinajstić information content (AvgIpc) is 2.80. The summed E-state index contributed by atoms with van der Waals surface area (Å²) in [5.74, 6) is 0.232. The molecule has 0 radical (unpaired) electrons. The van der Waals surface area contributed by atoms with Crippen LogP contribution in [0.15, 0.2) is 76.7 Å². The summed E-state index contributed by atoms with van der Waals surface area (Å²) in [5, 5.41) is 12.0. The zero-order valence-corrected chi connectivity index (χ0v) is 18.2. The summed E-state index contributed by atoms with van der Waals surface area (Å²) in [6, 6.07) is 9.52. The Hall–Kier alpha value is -3.92. The molecule has 0 fully saturated rings. The number of para-hydroxylation sites is 1. The molecule has 2 aliphatic rings. The van der Waals surface area contributed by atoms with E-state index in [1.165, 1.54) is 6.08 Å². The lowest BCUT2D eigenvalue weighted by molar-refractivity contribution is -0.137. The number of hydrogen-bond acceptors (Lipinski definition) is 7. The molecule has 0 spiro atoms. The van der Waals surface area contributed by atoms with Gasteiger partial charge in [-0.05, 0) is 31.1 Å². The number of dihydropyridines is 1. The minimum absolute atomic E-state index is 0.00196. The number of hydrogen-bond donors (Lipinski definition) is 1. The molecule has 1 N–H and O–H groups in total. The van der Waals surface area contributed by atoms with Crippen molar-refractivity contribution < 1.29 is 19.1 Å². The highest BCUT2D eigenvalue weighted by molar-refractivity contribution is 6.02. The largest absolute Gasteiger partial charge is 0.496 e. The quantitative estimate of drug-likeness (QED) is 0.400. The van der Waals surface area contributed by atoms with Crippen molar-refractivity contribution in [2.45, 2.75) is 32.1 Å². The maximum absolute atomic E-state index is 13.0. The van der Waals surface area contributed by atoms with Crippen molar-refractivity contribution in [3.63, 3.8) is 0 Å². The molecule has 1 aliphatic heterocycles. The third kappa shape index (κ3) is 4.86. The van der Waals surface area contributed by atoms with Crippen molar-refractivity contribution in [3.8, 4) is 11.8 Å². The summed E-state index contributed by atoms with van der Waals surface area (Å²) in [7, 11) is 1.62. The Kier molecular flexibility index (Phi) is 7.06. The second kappa shape index (κ2) is 9.92. The van der Waals surface area contributed by atoms with E-state index in [4.69, 9.17) is 14.7 Å². The molecule has 0 saturated heterocycles. The number of ketones is 1. The Bertz CT molecular complexity index is 1120. The van der Waals surface area contributed by atoms with Gasteiger partial charge in [-0.1, -0.05) is 31.4 Å². The first-order valence-electron chi connectivity index (χ1n) is 10.2. The molecule has 0 saturated carbocycles. The summed E-state index contributed by atoms with van der Waals surface area (Å²) >= 11 is 0. The normalized spacial score (nSPS) is 18.3. The molecular formula is C25H25N3O4. The lowest BCUT2D eigenvalue weighted by Crippen LogP contribution is -2.32. The van der Waals surface area contributed by atoms with Crippen LogP contribution in [0, 0.1) is 11.3 Å². The van der Waals surface area contributed by atoms with Crippen molar-refractivity contribution in [3.05, 3.63) is 77.3 Å². The van der Waals surface area contributed by atoms with E-state index in [2.05, 4.69) is 23.5 Å². The van der Waals surface area contributed by atoms with Gasteiger partial charge in [0.15, 0.2) is 5.78 Å². The summed E-state index contributed by atoms with van der Waals surface area (Å²) < 4.78 is 10.8. The third-order valence-corrected chi connectivity index (χ3v) is 5.55. The number of nitrogens with zero attached hydrogens (tertiary/aromatic N) is 2. The van der Waals surface area contributed by atoms with Crippen molar-refractivity contribution in [2.24, 2.45) is 4.99 Å². The van der Waals surface area contributed by atoms with E-state index in [1.54, 1.807) is 20.1 Å². The number of carbonyl (C=O) groups is 2. The van der Waals surface area contributed by atoms with Gasteiger partial charge in [0.05, 0.1) is 18.4 Å². The van der Waals surface area contributed by atoms with E-state index >= 15 is 0 Å². The molecule has 7 nitrogen and oxygen atoms in total. The van der Waals surface area contributed by atoms with Crippen LogP contribution in [0.2, 0.25) is 0 Å². The van der Waals surface area contributed by atoms with Crippen LogP contribution in [0.25, 0.3) is 0 Å². The molecular weight excluding hydrogens is 406 g/mol. The van der Waals surface area contributed by atoms with Crippen molar-refractivity contribution in [1.82, 2.24) is 5.32 Å². The molecule has 1 heterocycles. The molecule has 3 rings (SSSR count). The number of allylic oxidation sites excluding steroid dienone is 4. The Labute approximate surface area is 187 Å². The Morgan fingerprint density at radius 1 is 1.38 bits per heavy atom. The standard InChI is InChI=1S/C25H25N3O4/c1-5-18(27-15(2)13-26)14-32-25(30)20-12-21-22(28-16(20)3)10-17(11-23(21)29)19-8-6-7-9-24(19)31-4/h5-9,17,28H,1-2,10-12,14H2,3-4H3/t17-/m1/s1. The van der Waals surface area contributed by atoms with E-state index in [0.29, 0.717) is 35.4 Å². The van der Waals surface area contributed by atoms with E-state index in [0.717, 1.165) is 17.0 Å². The predicted molar refractivity (Wildman–Crippen MR) is 121 cm³/mol. The molecule has 32 heavy (non-hydrogen) atoms. The van der Waals surface area contributed by atoms with E-state index in [9.17, 15) is 9.59 Å².